The molecule has 1 saturated heterocycles. The molecule has 4 rings (SSSR count). The van der Waals surface area contributed by atoms with E-state index >= 15 is 0 Å². The van der Waals surface area contributed by atoms with Crippen LogP contribution in [0.15, 0.2) is 53.3 Å². The Balaban J connectivity index is 1.59. The molecule has 6 nitrogen and oxygen atoms in total. The van der Waals surface area contributed by atoms with Gasteiger partial charge in [0, 0.05) is 32.7 Å². The number of amides is 1. The van der Waals surface area contributed by atoms with E-state index in [9.17, 15) is 14.0 Å². The van der Waals surface area contributed by atoms with E-state index in [4.69, 9.17) is 0 Å². The molecule has 0 N–H and O–H groups in total. The highest BCUT2D eigenvalue weighted by molar-refractivity contribution is 5.94. The van der Waals surface area contributed by atoms with Gasteiger partial charge in [0.1, 0.15) is 5.82 Å². The second-order valence-electron chi connectivity index (χ2n) is 7.99. The Labute approximate surface area is 174 Å². The number of anilines is 1. The quantitative estimate of drug-likeness (QED) is 0.666. The number of halogens is 1. The third-order valence-corrected chi connectivity index (χ3v) is 5.35. The highest BCUT2D eigenvalue weighted by Gasteiger charge is 2.26. The molecule has 2 aromatic carbocycles. The average molecular weight is 408 g/mol. The van der Waals surface area contributed by atoms with Crippen molar-refractivity contribution in [2.45, 2.75) is 20.4 Å². The van der Waals surface area contributed by atoms with Crippen LogP contribution in [-0.4, -0.2) is 46.5 Å². The van der Waals surface area contributed by atoms with Crippen LogP contribution in [-0.2, 0) is 6.54 Å². The van der Waals surface area contributed by atoms with E-state index in [1.54, 1.807) is 21.6 Å². The summed E-state index contributed by atoms with van der Waals surface area (Å²) in [5.74, 6) is -0.113. The maximum atomic E-state index is 14.0. The molecule has 1 aliphatic heterocycles. The summed E-state index contributed by atoms with van der Waals surface area (Å²) in [6.07, 6.45) is 0. The van der Waals surface area contributed by atoms with Crippen LogP contribution in [0, 0.1) is 11.7 Å². The summed E-state index contributed by atoms with van der Waals surface area (Å²) < 4.78 is 15.8. The van der Waals surface area contributed by atoms with Crippen LogP contribution in [0.2, 0.25) is 0 Å². The van der Waals surface area contributed by atoms with Crippen molar-refractivity contribution in [3.05, 3.63) is 70.3 Å². The van der Waals surface area contributed by atoms with Gasteiger partial charge in [0.15, 0.2) is 5.82 Å². The number of carbonyl (C=O) groups excluding carboxylic acids is 1. The van der Waals surface area contributed by atoms with Crippen molar-refractivity contribution in [2.24, 2.45) is 5.92 Å². The number of nitrogens with zero attached hydrogens (tertiary/aromatic N) is 4. The van der Waals surface area contributed by atoms with Crippen molar-refractivity contribution in [3.63, 3.8) is 0 Å². The fourth-order valence-corrected chi connectivity index (χ4v) is 3.86. The zero-order valence-electron chi connectivity index (χ0n) is 17.2. The van der Waals surface area contributed by atoms with Crippen LogP contribution < -0.4 is 10.5 Å². The summed E-state index contributed by atoms with van der Waals surface area (Å²) in [6, 6.07) is 13.7. The maximum Gasteiger partial charge on any atom is 0.294 e. The summed E-state index contributed by atoms with van der Waals surface area (Å²) in [4.78, 5) is 34.1. The Kier molecular flexibility index (Phi) is 5.53. The summed E-state index contributed by atoms with van der Waals surface area (Å²) in [6.45, 7) is 6.53. The minimum Gasteiger partial charge on any atom is -0.348 e. The zero-order valence-corrected chi connectivity index (χ0v) is 17.2. The molecule has 0 aliphatic carbocycles. The predicted octanol–water partition coefficient (Wildman–Crippen LogP) is 3.15. The second-order valence-corrected chi connectivity index (χ2v) is 7.99. The van der Waals surface area contributed by atoms with E-state index < -0.39 is 5.82 Å². The first-order valence-electron chi connectivity index (χ1n) is 10.2. The lowest BCUT2D eigenvalue weighted by Crippen LogP contribution is -2.50. The largest absolute Gasteiger partial charge is 0.348 e. The fraction of sp³-hybridized carbons (Fsp3) is 0.348. The molecule has 1 aromatic heterocycles. The molecule has 0 bridgehead atoms. The van der Waals surface area contributed by atoms with Crippen LogP contribution in [0.3, 0.4) is 0 Å². The molecule has 1 aliphatic rings. The molecule has 2 heterocycles. The third-order valence-electron chi connectivity index (χ3n) is 5.35. The van der Waals surface area contributed by atoms with Crippen molar-refractivity contribution in [1.29, 1.82) is 0 Å². The standard InChI is InChI=1S/C23H25FN4O2/c1-16(2)15-28-20-10-6-5-9-19(20)25-21(23(28)30)26-11-13-27(14-12-26)22(29)17-7-3-4-8-18(17)24/h3-10,16H,11-15H2,1-2H3. The molecule has 30 heavy (non-hydrogen) atoms. The molecule has 0 radical (unpaired) electrons. The average Bonchev–Trinajstić information content (AvgIpc) is 2.75. The number of hydrogen-bond donors (Lipinski definition) is 0. The lowest BCUT2D eigenvalue weighted by atomic mass is 10.1. The number of rotatable bonds is 4. The van der Waals surface area contributed by atoms with Crippen LogP contribution in [0.1, 0.15) is 24.2 Å². The van der Waals surface area contributed by atoms with Crippen LogP contribution in [0.4, 0.5) is 10.2 Å². The number of carbonyl (C=O) groups is 1. The minimum absolute atomic E-state index is 0.0778. The Morgan fingerprint density at radius 2 is 1.70 bits per heavy atom. The molecular weight excluding hydrogens is 383 g/mol. The van der Waals surface area contributed by atoms with E-state index in [0.29, 0.717) is 44.5 Å². The van der Waals surface area contributed by atoms with Gasteiger partial charge in [0.25, 0.3) is 11.5 Å². The van der Waals surface area contributed by atoms with Gasteiger partial charge >= 0.3 is 0 Å². The highest BCUT2D eigenvalue weighted by Crippen LogP contribution is 2.18. The SMILES string of the molecule is CC(C)Cn1c(=O)c(N2CCN(C(=O)c3ccccc3F)CC2)nc2ccccc21. The third kappa shape index (κ3) is 3.79. The van der Waals surface area contributed by atoms with Gasteiger partial charge in [0.2, 0.25) is 0 Å². The van der Waals surface area contributed by atoms with Gasteiger partial charge in [-0.05, 0) is 30.2 Å². The van der Waals surface area contributed by atoms with E-state index in [1.807, 2.05) is 29.2 Å². The molecule has 0 unspecified atom stereocenters. The van der Waals surface area contributed by atoms with Gasteiger partial charge in [-0.2, -0.15) is 0 Å². The number of fused-ring (bicyclic) bond motifs is 1. The molecule has 3 aromatic rings. The van der Waals surface area contributed by atoms with Crippen molar-refractivity contribution in [3.8, 4) is 0 Å². The van der Waals surface area contributed by atoms with Gasteiger partial charge in [0.05, 0.1) is 16.6 Å². The number of piperazine rings is 1. The molecule has 156 valence electrons. The number of benzene rings is 2. The summed E-state index contributed by atoms with van der Waals surface area (Å²) in [7, 11) is 0. The summed E-state index contributed by atoms with van der Waals surface area (Å²) in [5, 5.41) is 0. The lowest BCUT2D eigenvalue weighted by molar-refractivity contribution is 0.0741. The molecule has 0 atom stereocenters. The summed E-state index contributed by atoms with van der Waals surface area (Å²) >= 11 is 0. The monoisotopic (exact) mass is 408 g/mol. The normalized spacial score (nSPS) is 14.5. The molecule has 7 heteroatoms. The van der Waals surface area contributed by atoms with Gasteiger partial charge in [-0.15, -0.1) is 0 Å². The second kappa shape index (κ2) is 8.26. The Hall–Kier alpha value is -3.22. The first-order valence-corrected chi connectivity index (χ1v) is 10.2. The minimum atomic E-state index is -0.516. The molecular formula is C23H25FN4O2. The van der Waals surface area contributed by atoms with Crippen LogP contribution in [0.5, 0.6) is 0 Å². The predicted molar refractivity (Wildman–Crippen MR) is 115 cm³/mol. The molecule has 0 saturated carbocycles. The van der Waals surface area contributed by atoms with Crippen molar-refractivity contribution < 1.29 is 9.18 Å². The highest BCUT2D eigenvalue weighted by atomic mass is 19.1. The lowest BCUT2D eigenvalue weighted by Gasteiger charge is -2.35. The summed E-state index contributed by atoms with van der Waals surface area (Å²) in [5.41, 5.74) is 1.57. The van der Waals surface area contributed by atoms with Gasteiger partial charge < -0.3 is 14.4 Å². The zero-order chi connectivity index (χ0) is 21.3. The molecule has 1 fully saturated rings. The van der Waals surface area contributed by atoms with Gasteiger partial charge in [-0.25, -0.2) is 9.37 Å². The van der Waals surface area contributed by atoms with Gasteiger partial charge in [-0.1, -0.05) is 38.1 Å². The van der Waals surface area contributed by atoms with Crippen LogP contribution in [0.25, 0.3) is 11.0 Å². The molecule has 1 amide bonds. The van der Waals surface area contributed by atoms with Crippen molar-refractivity contribution >= 4 is 22.8 Å². The molecule has 0 spiro atoms. The van der Waals surface area contributed by atoms with Crippen molar-refractivity contribution in [1.82, 2.24) is 14.5 Å². The fourth-order valence-electron chi connectivity index (χ4n) is 3.86. The van der Waals surface area contributed by atoms with Crippen molar-refractivity contribution in [2.75, 3.05) is 31.1 Å². The Bertz CT molecular complexity index is 1130. The first-order chi connectivity index (χ1) is 14.5. The van der Waals surface area contributed by atoms with Gasteiger partial charge in [-0.3, -0.25) is 9.59 Å². The first kappa shape index (κ1) is 20.1. The van der Waals surface area contributed by atoms with E-state index in [1.165, 1.54) is 12.1 Å². The number of aromatic nitrogens is 2. The van der Waals surface area contributed by atoms with E-state index in [0.717, 1.165) is 11.0 Å². The number of hydrogen-bond acceptors (Lipinski definition) is 4. The van der Waals surface area contributed by atoms with Crippen LogP contribution >= 0.6 is 0 Å². The Morgan fingerprint density at radius 1 is 1.03 bits per heavy atom. The maximum absolute atomic E-state index is 14.0. The van der Waals surface area contributed by atoms with E-state index in [-0.39, 0.29) is 17.0 Å². The smallest absolute Gasteiger partial charge is 0.294 e. The van der Waals surface area contributed by atoms with E-state index in [2.05, 4.69) is 18.8 Å². The Morgan fingerprint density at radius 3 is 2.40 bits per heavy atom. The topological polar surface area (TPSA) is 58.4 Å². The number of para-hydroxylation sites is 2.